The Bertz CT molecular complexity index is 956. The number of nitrogens with zero attached hydrogens (tertiary/aromatic N) is 1. The fourth-order valence-electron chi connectivity index (χ4n) is 2.86. The maximum atomic E-state index is 13.0. The summed E-state index contributed by atoms with van der Waals surface area (Å²) in [6.07, 6.45) is 1.74. The maximum Gasteiger partial charge on any atom is 0.270 e. The minimum Gasteiger partial charge on any atom is -0.496 e. The summed E-state index contributed by atoms with van der Waals surface area (Å²) in [5, 5.41) is 0. The second kappa shape index (κ2) is 9.19. The average Bonchev–Trinajstić information content (AvgIpc) is 3.01. The second-order valence-electron chi connectivity index (χ2n) is 5.89. The first-order valence-corrected chi connectivity index (χ1v) is 10.1. The number of anilines is 1. The lowest BCUT2D eigenvalue weighted by Gasteiger charge is -2.15. The number of carbonyl (C=O) groups is 1. The zero-order valence-electron chi connectivity index (χ0n) is 16.6. The van der Waals surface area contributed by atoms with E-state index in [9.17, 15) is 4.79 Å². The molecule has 3 rings (SSSR count). The molecule has 0 N–H and O–H groups in total. The van der Waals surface area contributed by atoms with Crippen molar-refractivity contribution in [2.45, 2.75) is 6.92 Å². The van der Waals surface area contributed by atoms with Crippen molar-refractivity contribution in [3.63, 3.8) is 0 Å². The zero-order valence-corrected chi connectivity index (χ0v) is 18.2. The number of hydrogen-bond donors (Lipinski definition) is 0. The minimum atomic E-state index is -0.194. The normalized spacial score (nSPS) is 15.0. The van der Waals surface area contributed by atoms with Gasteiger partial charge < -0.3 is 18.9 Å². The first-order chi connectivity index (χ1) is 14.0. The van der Waals surface area contributed by atoms with Gasteiger partial charge in [0.25, 0.3) is 5.91 Å². The van der Waals surface area contributed by atoms with Crippen molar-refractivity contribution < 1.29 is 23.7 Å². The summed E-state index contributed by atoms with van der Waals surface area (Å²) in [4.78, 5) is 15.0. The molecule has 152 valence electrons. The summed E-state index contributed by atoms with van der Waals surface area (Å²) in [5.41, 5.74) is 1.39. The summed E-state index contributed by atoms with van der Waals surface area (Å²) < 4.78 is 22.0. The van der Waals surface area contributed by atoms with E-state index in [4.69, 9.17) is 31.2 Å². The Labute approximate surface area is 179 Å². The number of thioether (sulfide) groups is 1. The van der Waals surface area contributed by atoms with Crippen LogP contribution in [0, 0.1) is 0 Å². The van der Waals surface area contributed by atoms with Crippen LogP contribution in [0.3, 0.4) is 0 Å². The van der Waals surface area contributed by atoms with Gasteiger partial charge in [-0.25, -0.2) is 0 Å². The van der Waals surface area contributed by atoms with E-state index in [1.807, 2.05) is 31.2 Å². The maximum absolute atomic E-state index is 13.0. The molecule has 1 amide bonds. The van der Waals surface area contributed by atoms with E-state index in [1.54, 1.807) is 39.5 Å². The van der Waals surface area contributed by atoms with Crippen LogP contribution in [-0.4, -0.2) is 38.2 Å². The van der Waals surface area contributed by atoms with Crippen molar-refractivity contribution in [3.05, 3.63) is 46.9 Å². The van der Waals surface area contributed by atoms with Gasteiger partial charge in [-0.1, -0.05) is 24.0 Å². The lowest BCUT2D eigenvalue weighted by Crippen LogP contribution is -2.27. The van der Waals surface area contributed by atoms with Crippen LogP contribution in [0.15, 0.2) is 41.3 Å². The highest BCUT2D eigenvalue weighted by atomic mass is 32.2. The summed E-state index contributed by atoms with van der Waals surface area (Å²) in [5.74, 6) is 2.20. The van der Waals surface area contributed by atoms with Gasteiger partial charge in [0, 0.05) is 11.6 Å². The quantitative estimate of drug-likeness (QED) is 0.472. The Morgan fingerprint density at radius 2 is 1.62 bits per heavy atom. The summed E-state index contributed by atoms with van der Waals surface area (Å²) in [6, 6.07) is 10.8. The SMILES string of the molecule is CCOc1ccc(N2C(=O)/C(=C\c3cc(OC)c(OC)cc3OC)SC2=S)cc1. The fourth-order valence-corrected chi connectivity index (χ4v) is 4.15. The largest absolute Gasteiger partial charge is 0.496 e. The Morgan fingerprint density at radius 3 is 2.21 bits per heavy atom. The molecule has 6 nitrogen and oxygen atoms in total. The number of benzene rings is 2. The molecule has 1 fully saturated rings. The van der Waals surface area contributed by atoms with Crippen LogP contribution in [0.2, 0.25) is 0 Å². The Hall–Kier alpha value is -2.71. The van der Waals surface area contributed by atoms with Gasteiger partial charge in [-0.15, -0.1) is 0 Å². The number of ether oxygens (including phenoxy) is 4. The molecule has 0 saturated carbocycles. The molecule has 0 atom stereocenters. The highest BCUT2D eigenvalue weighted by Gasteiger charge is 2.33. The van der Waals surface area contributed by atoms with E-state index in [1.165, 1.54) is 16.7 Å². The predicted molar refractivity (Wildman–Crippen MR) is 119 cm³/mol. The highest BCUT2D eigenvalue weighted by Crippen LogP contribution is 2.40. The van der Waals surface area contributed by atoms with Crippen LogP contribution in [-0.2, 0) is 4.79 Å². The molecule has 2 aromatic rings. The molecule has 1 aliphatic heterocycles. The number of hydrogen-bond acceptors (Lipinski definition) is 7. The number of methoxy groups -OCH3 is 3. The van der Waals surface area contributed by atoms with Gasteiger partial charge in [-0.2, -0.15) is 0 Å². The molecule has 0 spiro atoms. The van der Waals surface area contributed by atoms with Crippen molar-refractivity contribution in [1.82, 2.24) is 0 Å². The highest BCUT2D eigenvalue weighted by molar-refractivity contribution is 8.27. The van der Waals surface area contributed by atoms with Crippen LogP contribution >= 0.6 is 24.0 Å². The molecular formula is C21H21NO5S2. The van der Waals surface area contributed by atoms with Crippen molar-refractivity contribution in [1.29, 1.82) is 0 Å². The fraction of sp³-hybridized carbons (Fsp3) is 0.238. The van der Waals surface area contributed by atoms with Crippen molar-refractivity contribution in [2.75, 3.05) is 32.8 Å². The molecule has 0 aromatic heterocycles. The molecule has 29 heavy (non-hydrogen) atoms. The number of carbonyl (C=O) groups excluding carboxylic acids is 1. The van der Waals surface area contributed by atoms with Gasteiger partial charge in [0.15, 0.2) is 15.8 Å². The standard InChI is InChI=1S/C21H21NO5S2/c1-5-27-15-8-6-14(7-9-15)22-20(23)19(29-21(22)28)11-13-10-17(25-3)18(26-4)12-16(13)24-2/h6-12H,5H2,1-4H3/b19-11+. The Kier molecular flexibility index (Phi) is 6.66. The van der Waals surface area contributed by atoms with E-state index in [0.29, 0.717) is 44.3 Å². The molecule has 8 heteroatoms. The average molecular weight is 432 g/mol. The van der Waals surface area contributed by atoms with E-state index in [0.717, 1.165) is 5.75 Å². The third-order valence-electron chi connectivity index (χ3n) is 4.22. The van der Waals surface area contributed by atoms with E-state index >= 15 is 0 Å². The minimum absolute atomic E-state index is 0.194. The first kappa shape index (κ1) is 21.0. The first-order valence-electron chi connectivity index (χ1n) is 8.83. The van der Waals surface area contributed by atoms with Crippen molar-refractivity contribution in [3.8, 4) is 23.0 Å². The number of thiocarbonyl (C=S) groups is 1. The van der Waals surface area contributed by atoms with E-state index < -0.39 is 0 Å². The molecule has 0 aliphatic carbocycles. The van der Waals surface area contributed by atoms with Crippen molar-refractivity contribution in [2.24, 2.45) is 0 Å². The van der Waals surface area contributed by atoms with Gasteiger partial charge in [0.2, 0.25) is 0 Å². The summed E-state index contributed by atoms with van der Waals surface area (Å²) in [7, 11) is 4.67. The molecule has 1 saturated heterocycles. The van der Waals surface area contributed by atoms with Crippen LogP contribution in [0.5, 0.6) is 23.0 Å². The Balaban J connectivity index is 1.94. The van der Waals surface area contributed by atoms with Crippen LogP contribution < -0.4 is 23.8 Å². The molecular weight excluding hydrogens is 410 g/mol. The predicted octanol–water partition coefficient (Wildman–Crippen LogP) is 4.52. The monoisotopic (exact) mass is 431 g/mol. The third kappa shape index (κ3) is 4.33. The zero-order chi connectivity index (χ0) is 21.0. The van der Waals surface area contributed by atoms with Gasteiger partial charge in [-0.05, 0) is 43.3 Å². The van der Waals surface area contributed by atoms with Crippen LogP contribution in [0.25, 0.3) is 6.08 Å². The van der Waals surface area contributed by atoms with Gasteiger partial charge in [0.1, 0.15) is 11.5 Å². The third-order valence-corrected chi connectivity index (χ3v) is 5.52. The summed E-state index contributed by atoms with van der Waals surface area (Å²) >= 11 is 6.68. The number of amides is 1. The Morgan fingerprint density at radius 1 is 1.00 bits per heavy atom. The van der Waals surface area contributed by atoms with Crippen LogP contribution in [0.4, 0.5) is 5.69 Å². The smallest absolute Gasteiger partial charge is 0.270 e. The molecule has 2 aromatic carbocycles. The van der Waals surface area contributed by atoms with Gasteiger partial charge in [-0.3, -0.25) is 9.69 Å². The topological polar surface area (TPSA) is 57.2 Å². The lowest BCUT2D eigenvalue weighted by atomic mass is 10.1. The summed E-state index contributed by atoms with van der Waals surface area (Å²) in [6.45, 7) is 2.50. The van der Waals surface area contributed by atoms with Crippen LogP contribution in [0.1, 0.15) is 12.5 Å². The van der Waals surface area contributed by atoms with Gasteiger partial charge in [0.05, 0.1) is 38.5 Å². The molecule has 1 aliphatic rings. The molecule has 0 bridgehead atoms. The lowest BCUT2D eigenvalue weighted by molar-refractivity contribution is -0.113. The van der Waals surface area contributed by atoms with E-state index in [-0.39, 0.29) is 5.91 Å². The second-order valence-corrected chi connectivity index (χ2v) is 7.57. The van der Waals surface area contributed by atoms with E-state index in [2.05, 4.69) is 0 Å². The number of rotatable bonds is 7. The van der Waals surface area contributed by atoms with Gasteiger partial charge >= 0.3 is 0 Å². The molecule has 1 heterocycles. The molecule has 0 unspecified atom stereocenters. The molecule has 0 radical (unpaired) electrons. The van der Waals surface area contributed by atoms with Crippen molar-refractivity contribution >= 4 is 46.0 Å².